The first-order valence-corrected chi connectivity index (χ1v) is 8.55. The molecule has 0 saturated carbocycles. The fraction of sp³-hybridized carbons (Fsp3) is 0.389. The van der Waals surface area contributed by atoms with E-state index < -0.39 is 0 Å². The Morgan fingerprint density at radius 2 is 1.84 bits per heavy atom. The Morgan fingerprint density at radius 1 is 1.12 bits per heavy atom. The first kappa shape index (κ1) is 17.2. The minimum absolute atomic E-state index is 0.0287. The molecule has 0 spiro atoms. The monoisotopic (exact) mass is 341 g/mol. The lowest BCUT2D eigenvalue weighted by atomic mass is 10.2. The number of benzene rings is 1. The van der Waals surface area contributed by atoms with Crippen LogP contribution < -0.4 is 5.32 Å². The summed E-state index contributed by atoms with van der Waals surface area (Å²) in [4.78, 5) is 32.6. The van der Waals surface area contributed by atoms with Crippen molar-refractivity contribution in [3.05, 3.63) is 48.5 Å². The molecule has 0 aliphatic carbocycles. The predicted octanol–water partition coefficient (Wildman–Crippen LogP) is 0.766. The van der Waals surface area contributed by atoms with Gasteiger partial charge in [-0.3, -0.25) is 19.1 Å². The SMILES string of the molecule is CCNC(=O)CN1CCN(C(=O)c2cncn2-c2ccccc2)CC1. The van der Waals surface area contributed by atoms with E-state index in [1.807, 2.05) is 46.7 Å². The van der Waals surface area contributed by atoms with E-state index in [1.165, 1.54) is 0 Å². The Balaban J connectivity index is 1.62. The summed E-state index contributed by atoms with van der Waals surface area (Å²) in [6.45, 7) is 5.55. The molecule has 1 saturated heterocycles. The van der Waals surface area contributed by atoms with Crippen LogP contribution in [-0.4, -0.2) is 70.4 Å². The van der Waals surface area contributed by atoms with Gasteiger partial charge in [0, 0.05) is 38.4 Å². The van der Waals surface area contributed by atoms with E-state index in [0.29, 0.717) is 45.0 Å². The molecular weight excluding hydrogens is 318 g/mol. The van der Waals surface area contributed by atoms with Crippen molar-refractivity contribution in [2.45, 2.75) is 6.92 Å². The number of carbonyl (C=O) groups excluding carboxylic acids is 2. The molecule has 1 aliphatic heterocycles. The molecule has 132 valence electrons. The van der Waals surface area contributed by atoms with E-state index in [9.17, 15) is 9.59 Å². The van der Waals surface area contributed by atoms with Crippen LogP contribution in [0.15, 0.2) is 42.9 Å². The standard InChI is InChI=1S/C18H23N5O2/c1-2-20-17(24)13-21-8-10-22(11-9-21)18(25)16-12-19-14-23(16)15-6-4-3-5-7-15/h3-7,12,14H,2,8-11,13H2,1H3,(H,20,24). The van der Waals surface area contributed by atoms with Gasteiger partial charge >= 0.3 is 0 Å². The molecule has 2 heterocycles. The summed E-state index contributed by atoms with van der Waals surface area (Å²) in [5.41, 5.74) is 1.47. The number of para-hydroxylation sites is 1. The average Bonchev–Trinajstić information content (AvgIpc) is 3.12. The van der Waals surface area contributed by atoms with Crippen LogP contribution in [0.5, 0.6) is 0 Å². The molecule has 25 heavy (non-hydrogen) atoms. The molecular formula is C18H23N5O2. The second-order valence-corrected chi connectivity index (χ2v) is 6.01. The minimum atomic E-state index is -0.0287. The number of amides is 2. The highest BCUT2D eigenvalue weighted by Crippen LogP contribution is 2.14. The molecule has 7 nitrogen and oxygen atoms in total. The van der Waals surface area contributed by atoms with Crippen LogP contribution in [-0.2, 0) is 4.79 Å². The summed E-state index contributed by atoms with van der Waals surface area (Å²) in [6, 6.07) is 9.70. The van der Waals surface area contributed by atoms with Crippen molar-refractivity contribution in [1.29, 1.82) is 0 Å². The summed E-state index contributed by atoms with van der Waals surface area (Å²) in [6.07, 6.45) is 3.27. The van der Waals surface area contributed by atoms with Crippen molar-refractivity contribution in [2.24, 2.45) is 0 Å². The Labute approximate surface area is 147 Å². The molecule has 1 aliphatic rings. The third-order valence-electron chi connectivity index (χ3n) is 4.29. The summed E-state index contributed by atoms with van der Waals surface area (Å²) in [5.74, 6) is 0.00319. The number of hydrogen-bond acceptors (Lipinski definition) is 4. The van der Waals surface area contributed by atoms with Crippen LogP contribution in [0.2, 0.25) is 0 Å². The quantitative estimate of drug-likeness (QED) is 0.872. The number of carbonyl (C=O) groups is 2. The van der Waals surface area contributed by atoms with Gasteiger partial charge in [0.1, 0.15) is 5.69 Å². The normalized spacial score (nSPS) is 15.2. The molecule has 2 amide bonds. The number of likely N-dealkylation sites (N-methyl/N-ethyl adjacent to an activating group) is 1. The van der Waals surface area contributed by atoms with E-state index in [4.69, 9.17) is 0 Å². The molecule has 2 aromatic rings. The fourth-order valence-electron chi connectivity index (χ4n) is 2.97. The van der Waals surface area contributed by atoms with Gasteiger partial charge in [0.05, 0.1) is 19.1 Å². The lowest BCUT2D eigenvalue weighted by Crippen LogP contribution is -2.51. The Bertz CT molecular complexity index is 720. The molecule has 0 atom stereocenters. The molecule has 1 fully saturated rings. The number of piperazine rings is 1. The molecule has 0 radical (unpaired) electrons. The van der Waals surface area contributed by atoms with Crippen LogP contribution in [0, 0.1) is 0 Å². The first-order valence-electron chi connectivity index (χ1n) is 8.55. The zero-order valence-corrected chi connectivity index (χ0v) is 14.4. The van der Waals surface area contributed by atoms with Gasteiger partial charge < -0.3 is 10.2 Å². The van der Waals surface area contributed by atoms with Crippen molar-refractivity contribution in [1.82, 2.24) is 24.7 Å². The number of nitrogens with one attached hydrogen (secondary N) is 1. The third-order valence-corrected chi connectivity index (χ3v) is 4.29. The van der Waals surface area contributed by atoms with E-state index in [2.05, 4.69) is 15.2 Å². The van der Waals surface area contributed by atoms with Gasteiger partial charge in [0.25, 0.3) is 5.91 Å². The second-order valence-electron chi connectivity index (χ2n) is 6.01. The maximum absolute atomic E-state index is 12.9. The molecule has 3 rings (SSSR count). The number of aromatic nitrogens is 2. The lowest BCUT2D eigenvalue weighted by Gasteiger charge is -2.34. The highest BCUT2D eigenvalue weighted by atomic mass is 16.2. The highest BCUT2D eigenvalue weighted by Gasteiger charge is 2.25. The van der Waals surface area contributed by atoms with Crippen molar-refractivity contribution in [3.8, 4) is 5.69 Å². The van der Waals surface area contributed by atoms with Crippen molar-refractivity contribution in [2.75, 3.05) is 39.3 Å². The molecule has 7 heteroatoms. The fourth-order valence-corrected chi connectivity index (χ4v) is 2.97. The molecule has 0 bridgehead atoms. The third kappa shape index (κ3) is 4.06. The summed E-state index contributed by atoms with van der Waals surface area (Å²) in [7, 11) is 0. The van der Waals surface area contributed by atoms with Gasteiger partial charge in [0.15, 0.2) is 0 Å². The maximum Gasteiger partial charge on any atom is 0.272 e. The van der Waals surface area contributed by atoms with Gasteiger partial charge in [-0.05, 0) is 19.1 Å². The van der Waals surface area contributed by atoms with Crippen LogP contribution in [0.4, 0.5) is 0 Å². The Morgan fingerprint density at radius 3 is 2.52 bits per heavy atom. The Kier molecular flexibility index (Phi) is 5.45. The van der Waals surface area contributed by atoms with Crippen molar-refractivity contribution in [3.63, 3.8) is 0 Å². The van der Waals surface area contributed by atoms with Crippen molar-refractivity contribution >= 4 is 11.8 Å². The summed E-state index contributed by atoms with van der Waals surface area (Å²) in [5, 5.41) is 2.80. The molecule has 1 N–H and O–H groups in total. The van der Waals surface area contributed by atoms with Gasteiger partial charge in [-0.25, -0.2) is 4.98 Å². The Hall–Kier alpha value is -2.67. The van der Waals surface area contributed by atoms with E-state index in [0.717, 1.165) is 5.69 Å². The number of nitrogens with zero attached hydrogens (tertiary/aromatic N) is 4. The molecule has 0 unspecified atom stereocenters. The lowest BCUT2D eigenvalue weighted by molar-refractivity contribution is -0.122. The van der Waals surface area contributed by atoms with E-state index in [1.54, 1.807) is 12.5 Å². The van der Waals surface area contributed by atoms with E-state index in [-0.39, 0.29) is 11.8 Å². The molecule has 1 aromatic carbocycles. The van der Waals surface area contributed by atoms with E-state index >= 15 is 0 Å². The average molecular weight is 341 g/mol. The minimum Gasteiger partial charge on any atom is -0.355 e. The zero-order valence-electron chi connectivity index (χ0n) is 14.4. The van der Waals surface area contributed by atoms with Crippen LogP contribution in [0.25, 0.3) is 5.69 Å². The summed E-state index contributed by atoms with van der Waals surface area (Å²) < 4.78 is 1.81. The topological polar surface area (TPSA) is 70.5 Å². The van der Waals surface area contributed by atoms with Gasteiger partial charge in [-0.2, -0.15) is 0 Å². The highest BCUT2D eigenvalue weighted by molar-refractivity contribution is 5.93. The second kappa shape index (κ2) is 7.94. The summed E-state index contributed by atoms with van der Waals surface area (Å²) >= 11 is 0. The van der Waals surface area contributed by atoms with Crippen molar-refractivity contribution < 1.29 is 9.59 Å². The van der Waals surface area contributed by atoms with Crippen LogP contribution >= 0.6 is 0 Å². The molecule has 1 aromatic heterocycles. The van der Waals surface area contributed by atoms with Gasteiger partial charge in [-0.15, -0.1) is 0 Å². The first-order chi connectivity index (χ1) is 12.2. The smallest absolute Gasteiger partial charge is 0.272 e. The van der Waals surface area contributed by atoms with Gasteiger partial charge in [0.2, 0.25) is 5.91 Å². The van der Waals surface area contributed by atoms with Crippen LogP contribution in [0.3, 0.4) is 0 Å². The number of rotatable bonds is 5. The zero-order chi connectivity index (χ0) is 17.6. The van der Waals surface area contributed by atoms with Crippen LogP contribution in [0.1, 0.15) is 17.4 Å². The number of hydrogen-bond donors (Lipinski definition) is 1. The largest absolute Gasteiger partial charge is 0.355 e. The maximum atomic E-state index is 12.9. The number of imidazole rings is 1. The van der Waals surface area contributed by atoms with Gasteiger partial charge in [-0.1, -0.05) is 18.2 Å². The predicted molar refractivity (Wildman–Crippen MR) is 94.6 cm³/mol.